The minimum absolute atomic E-state index is 0.248. The summed E-state index contributed by atoms with van der Waals surface area (Å²) >= 11 is 6.30. The first kappa shape index (κ1) is 13.6. The maximum absolute atomic E-state index is 6.30. The van der Waals surface area contributed by atoms with E-state index < -0.39 is 0 Å². The Balaban J connectivity index is 2.19. The zero-order chi connectivity index (χ0) is 13.0. The van der Waals surface area contributed by atoms with Gasteiger partial charge in [-0.1, -0.05) is 20.3 Å². The molecule has 1 aromatic rings. The van der Waals surface area contributed by atoms with E-state index in [2.05, 4.69) is 34.8 Å². The fourth-order valence-corrected chi connectivity index (χ4v) is 2.90. The molecule has 0 N–H and O–H groups in total. The zero-order valence-corrected chi connectivity index (χ0v) is 12.0. The third-order valence-corrected chi connectivity index (χ3v) is 3.99. The van der Waals surface area contributed by atoms with E-state index in [1.807, 2.05) is 0 Å². The molecule has 0 amide bonds. The molecular formula is C14H22ClN3. The lowest BCUT2D eigenvalue weighted by atomic mass is 9.99. The van der Waals surface area contributed by atoms with Crippen LogP contribution in [0.5, 0.6) is 0 Å². The van der Waals surface area contributed by atoms with Crippen molar-refractivity contribution in [1.29, 1.82) is 0 Å². The van der Waals surface area contributed by atoms with Gasteiger partial charge in [-0.2, -0.15) is 0 Å². The van der Waals surface area contributed by atoms with Gasteiger partial charge in [0, 0.05) is 24.3 Å². The molecule has 2 heterocycles. The van der Waals surface area contributed by atoms with E-state index >= 15 is 0 Å². The van der Waals surface area contributed by atoms with Crippen LogP contribution < -0.4 is 4.90 Å². The number of hydrogen-bond donors (Lipinski definition) is 0. The van der Waals surface area contributed by atoms with Crippen molar-refractivity contribution in [3.63, 3.8) is 0 Å². The van der Waals surface area contributed by atoms with E-state index in [1.165, 1.54) is 0 Å². The van der Waals surface area contributed by atoms with Crippen LogP contribution in [0.2, 0.25) is 0 Å². The van der Waals surface area contributed by atoms with Crippen LogP contribution >= 0.6 is 11.6 Å². The van der Waals surface area contributed by atoms with Gasteiger partial charge < -0.3 is 4.90 Å². The Morgan fingerprint density at radius 2 is 2.17 bits per heavy atom. The number of aryl methyl sites for hydroxylation is 1. The minimum atomic E-state index is 0.248. The summed E-state index contributed by atoms with van der Waals surface area (Å²) in [5.74, 6) is 1.05. The lowest BCUT2D eigenvalue weighted by molar-refractivity contribution is 0.450. The van der Waals surface area contributed by atoms with Crippen molar-refractivity contribution < 1.29 is 0 Å². The third-order valence-electron chi connectivity index (χ3n) is 3.63. The Morgan fingerprint density at radius 1 is 1.33 bits per heavy atom. The van der Waals surface area contributed by atoms with Crippen molar-refractivity contribution >= 4 is 17.4 Å². The van der Waals surface area contributed by atoms with Gasteiger partial charge in [0.25, 0.3) is 0 Å². The highest BCUT2D eigenvalue weighted by molar-refractivity contribution is 6.21. The summed E-state index contributed by atoms with van der Waals surface area (Å²) in [5.41, 5.74) is 1.13. The number of hydrogen-bond acceptors (Lipinski definition) is 3. The van der Waals surface area contributed by atoms with Crippen LogP contribution in [-0.2, 0) is 6.42 Å². The molecule has 0 aromatic carbocycles. The number of rotatable bonds is 4. The zero-order valence-electron chi connectivity index (χ0n) is 11.3. The maximum atomic E-state index is 6.30. The van der Waals surface area contributed by atoms with Crippen molar-refractivity contribution in [2.75, 3.05) is 11.4 Å². The first-order valence-electron chi connectivity index (χ1n) is 6.96. The largest absolute Gasteiger partial charge is 0.352 e. The normalized spacial score (nSPS) is 24.3. The Morgan fingerprint density at radius 3 is 2.89 bits per heavy atom. The highest BCUT2D eigenvalue weighted by Gasteiger charge is 2.27. The minimum Gasteiger partial charge on any atom is -0.352 e. The predicted octanol–water partition coefficient (Wildman–Crippen LogP) is 3.42. The molecule has 18 heavy (non-hydrogen) atoms. The molecule has 3 nitrogen and oxygen atoms in total. The number of nitrogens with zero attached hydrogens (tertiary/aromatic N) is 3. The second-order valence-corrected chi connectivity index (χ2v) is 5.62. The summed E-state index contributed by atoms with van der Waals surface area (Å²) in [6.45, 7) is 5.31. The summed E-state index contributed by atoms with van der Waals surface area (Å²) in [6, 6.07) is 2.70. The Labute approximate surface area is 115 Å². The van der Waals surface area contributed by atoms with Gasteiger partial charge in [0.05, 0.1) is 5.38 Å². The molecule has 1 saturated heterocycles. The Hall–Kier alpha value is -0.830. The van der Waals surface area contributed by atoms with E-state index in [9.17, 15) is 0 Å². The van der Waals surface area contributed by atoms with Crippen molar-refractivity contribution in [3.05, 3.63) is 18.1 Å². The number of piperidine rings is 1. The number of anilines is 1. The van der Waals surface area contributed by atoms with Crippen molar-refractivity contribution in [2.24, 2.45) is 0 Å². The summed E-state index contributed by atoms with van der Waals surface area (Å²) in [5, 5.41) is 0.248. The molecule has 1 aliphatic rings. The van der Waals surface area contributed by atoms with Gasteiger partial charge in [-0.3, -0.25) is 0 Å². The van der Waals surface area contributed by atoms with Crippen molar-refractivity contribution in [3.8, 4) is 0 Å². The van der Waals surface area contributed by atoms with Crippen LogP contribution in [0, 0.1) is 0 Å². The molecule has 0 saturated carbocycles. The smallest absolute Gasteiger partial charge is 0.132 e. The molecule has 0 aliphatic carbocycles. The van der Waals surface area contributed by atoms with E-state index in [0.29, 0.717) is 6.04 Å². The van der Waals surface area contributed by atoms with Crippen LogP contribution in [0.25, 0.3) is 0 Å². The van der Waals surface area contributed by atoms with Gasteiger partial charge >= 0.3 is 0 Å². The van der Waals surface area contributed by atoms with Gasteiger partial charge in [-0.05, 0) is 25.7 Å². The van der Waals surface area contributed by atoms with E-state index in [1.54, 1.807) is 6.33 Å². The van der Waals surface area contributed by atoms with Crippen LogP contribution in [0.15, 0.2) is 12.4 Å². The molecule has 0 spiro atoms. The van der Waals surface area contributed by atoms with Crippen LogP contribution in [0.3, 0.4) is 0 Å². The molecule has 1 fully saturated rings. The fraction of sp³-hybridized carbons (Fsp3) is 0.714. The molecular weight excluding hydrogens is 246 g/mol. The van der Waals surface area contributed by atoms with Gasteiger partial charge in [-0.15, -0.1) is 11.6 Å². The lowest BCUT2D eigenvalue weighted by Gasteiger charge is -2.38. The molecule has 2 unspecified atom stereocenters. The summed E-state index contributed by atoms with van der Waals surface area (Å²) in [4.78, 5) is 11.1. The van der Waals surface area contributed by atoms with E-state index in [-0.39, 0.29) is 5.38 Å². The molecule has 0 radical (unpaired) electrons. The molecule has 2 atom stereocenters. The number of alkyl halides is 1. The fourth-order valence-electron chi connectivity index (χ4n) is 2.62. The summed E-state index contributed by atoms with van der Waals surface area (Å²) in [7, 11) is 0. The van der Waals surface area contributed by atoms with E-state index in [4.69, 9.17) is 11.6 Å². The third kappa shape index (κ3) is 3.14. The summed E-state index contributed by atoms with van der Waals surface area (Å²) < 4.78 is 0. The van der Waals surface area contributed by atoms with Gasteiger partial charge in [-0.25, -0.2) is 9.97 Å². The van der Waals surface area contributed by atoms with Crippen LogP contribution in [0.4, 0.5) is 5.82 Å². The van der Waals surface area contributed by atoms with Crippen LogP contribution in [-0.4, -0.2) is 27.9 Å². The first-order valence-corrected chi connectivity index (χ1v) is 7.39. The topological polar surface area (TPSA) is 29.0 Å². The van der Waals surface area contributed by atoms with Gasteiger partial charge in [0.1, 0.15) is 12.1 Å². The van der Waals surface area contributed by atoms with Crippen molar-refractivity contribution in [2.45, 2.75) is 57.4 Å². The molecule has 2 rings (SSSR count). The molecule has 1 aliphatic heterocycles. The average Bonchev–Trinajstić information content (AvgIpc) is 2.39. The van der Waals surface area contributed by atoms with Crippen molar-refractivity contribution in [1.82, 2.24) is 9.97 Å². The average molecular weight is 268 g/mol. The van der Waals surface area contributed by atoms with E-state index in [0.717, 1.165) is 50.2 Å². The first-order chi connectivity index (χ1) is 8.74. The SMILES string of the molecule is CCCc1cc(N2CC(Cl)CCC2CC)ncn1. The Bertz CT molecular complexity index is 383. The quantitative estimate of drug-likeness (QED) is 0.783. The number of halogens is 1. The predicted molar refractivity (Wildman–Crippen MR) is 76.3 cm³/mol. The lowest BCUT2D eigenvalue weighted by Crippen LogP contribution is -2.44. The second kappa shape index (κ2) is 6.37. The standard InChI is InChI=1S/C14H22ClN3/c1-3-5-12-8-14(17-10-16-12)18-9-11(15)6-7-13(18)4-2/h8,10-11,13H,3-7,9H2,1-2H3. The van der Waals surface area contributed by atoms with Crippen LogP contribution in [0.1, 0.15) is 45.2 Å². The van der Waals surface area contributed by atoms with Gasteiger partial charge in [0.2, 0.25) is 0 Å². The molecule has 0 bridgehead atoms. The molecule has 1 aromatic heterocycles. The number of aromatic nitrogens is 2. The second-order valence-electron chi connectivity index (χ2n) is 5.01. The molecule has 4 heteroatoms. The highest BCUT2D eigenvalue weighted by atomic mass is 35.5. The van der Waals surface area contributed by atoms with Gasteiger partial charge in [0.15, 0.2) is 0 Å². The monoisotopic (exact) mass is 267 g/mol. The maximum Gasteiger partial charge on any atom is 0.132 e. The molecule has 100 valence electrons. The Kier molecular flexibility index (Phi) is 4.81. The summed E-state index contributed by atoms with van der Waals surface area (Å²) in [6.07, 6.45) is 7.25. The highest BCUT2D eigenvalue weighted by Crippen LogP contribution is 2.27.